The third-order valence-electron chi connectivity index (χ3n) is 24.5. The number of benzene rings is 18. The average Bonchev–Trinajstić information content (AvgIpc) is 0.692. The van der Waals surface area contributed by atoms with Gasteiger partial charge in [0.2, 0.25) is 0 Å². The van der Waals surface area contributed by atoms with Crippen LogP contribution in [0.4, 0.5) is 34.1 Å². The van der Waals surface area contributed by atoms with E-state index < -0.39 is 16.1 Å². The number of anilines is 6. The zero-order valence-corrected chi connectivity index (χ0v) is 67.9. The molecule has 0 spiro atoms. The van der Waals surface area contributed by atoms with Gasteiger partial charge >= 0.3 is 0 Å². The summed E-state index contributed by atoms with van der Waals surface area (Å²) in [5, 5.41) is 10.4. The van der Waals surface area contributed by atoms with Gasteiger partial charge < -0.3 is 9.80 Å². The molecular formula is C112H85BN2Si2. The quantitative estimate of drug-likeness (QED) is 0.0662. The van der Waals surface area contributed by atoms with E-state index in [2.05, 4.69) is 492 Å². The Morgan fingerprint density at radius 3 is 0.838 bits per heavy atom. The van der Waals surface area contributed by atoms with Crippen LogP contribution >= 0.6 is 0 Å². The summed E-state index contributed by atoms with van der Waals surface area (Å²) in [6.45, 7) is 6.90. The summed E-state index contributed by atoms with van der Waals surface area (Å²) in [7, 11) is -6.98. The van der Waals surface area contributed by atoms with Crippen LogP contribution in [-0.4, -0.2) is 22.9 Å². The van der Waals surface area contributed by atoms with Crippen LogP contribution in [0.3, 0.4) is 0 Å². The lowest BCUT2D eigenvalue weighted by atomic mass is 9.33. The van der Waals surface area contributed by atoms with Crippen molar-refractivity contribution < 1.29 is 0 Å². The molecule has 20 rings (SSSR count). The molecule has 2 aliphatic heterocycles. The maximum Gasteiger partial charge on any atom is 0.252 e. The van der Waals surface area contributed by atoms with Crippen molar-refractivity contribution in [3.05, 3.63) is 467 Å². The van der Waals surface area contributed by atoms with Gasteiger partial charge in [-0.1, -0.05) is 458 Å². The van der Waals surface area contributed by atoms with Crippen molar-refractivity contribution in [3.8, 4) is 77.9 Å². The molecule has 0 aromatic heterocycles. The SMILES string of the molecule is CC(C)(C)c1cc2c3c(c1)N(c1c(-c4ccccc4)cccc1-c1ccccc1)c1ccc(-c4cc([Si](c5ccccc5)(c5ccccc5)c5cccc(-c6ccccc6)c5)cc([Si](c5ccccc5)(c5ccccc5)c5cccc(-c6ccccc6)c5)c4)cc1B3c1ccccc1N2c1c(-c2ccccc2)cccc1-c1ccccc1. The van der Waals surface area contributed by atoms with Crippen molar-refractivity contribution in [2.45, 2.75) is 26.2 Å². The van der Waals surface area contributed by atoms with E-state index in [1.807, 2.05) is 0 Å². The fourth-order valence-electron chi connectivity index (χ4n) is 19.1. The van der Waals surface area contributed by atoms with Crippen molar-refractivity contribution in [3.63, 3.8) is 0 Å². The van der Waals surface area contributed by atoms with Crippen LogP contribution in [0.25, 0.3) is 77.9 Å². The van der Waals surface area contributed by atoms with Crippen molar-refractivity contribution in [1.29, 1.82) is 0 Å². The molecule has 0 atom stereocenters. The Hall–Kier alpha value is -13.9. The summed E-state index contributed by atoms with van der Waals surface area (Å²) in [4.78, 5) is 5.37. The Labute approximate surface area is 690 Å². The molecule has 0 radical (unpaired) electrons. The molecule has 2 aliphatic rings. The van der Waals surface area contributed by atoms with Gasteiger partial charge in [0.05, 0.1) is 11.4 Å². The standard InChI is InChI=1S/C112H85BN2Si2/c1-112(2,3)90-77-107-109-108(78-90)115(111-101(84-48-22-8-23-49-84)66-39-67-102(111)85-50-24-9-25-51-85)106-71-70-88(76-104(106)113(109)103-68-34-35-69-105(103)114(107)110-99(82-44-18-6-19-45-82)64-38-65-100(110)83-46-20-7-21-47-83)89-74-97(116(91-54-26-10-27-55-91,92-56-28-11-29-57-92)95-62-36-52-86(72-95)80-40-14-4-15-41-80)79-98(75-89)117(93-58-30-12-31-59-93,94-60-32-13-33-61-94)96-63-37-53-87(73-96)81-42-16-5-17-43-81/h4-79H,1-3H3. The second-order valence-corrected chi connectivity index (χ2v) is 39.8. The molecule has 0 bridgehead atoms. The Kier molecular flexibility index (Phi) is 18.7. The van der Waals surface area contributed by atoms with Gasteiger partial charge in [0, 0.05) is 45.0 Å². The van der Waals surface area contributed by atoms with E-state index in [1.54, 1.807) is 0 Å². The zero-order chi connectivity index (χ0) is 78.4. The van der Waals surface area contributed by atoms with E-state index in [4.69, 9.17) is 0 Å². The molecule has 0 unspecified atom stereocenters. The van der Waals surface area contributed by atoms with E-state index in [0.717, 1.165) is 89.8 Å². The number of hydrogen-bond acceptors (Lipinski definition) is 2. The molecule has 117 heavy (non-hydrogen) atoms. The Morgan fingerprint density at radius 1 is 0.197 bits per heavy atom. The smallest absolute Gasteiger partial charge is 0.252 e. The lowest BCUT2D eigenvalue weighted by Crippen LogP contribution is -2.78. The summed E-state index contributed by atoms with van der Waals surface area (Å²) in [6.07, 6.45) is 0. The van der Waals surface area contributed by atoms with Gasteiger partial charge in [-0.3, -0.25) is 0 Å². The lowest BCUT2D eigenvalue weighted by molar-refractivity contribution is 0.590. The van der Waals surface area contributed by atoms with E-state index in [0.29, 0.717) is 0 Å². The van der Waals surface area contributed by atoms with Crippen LogP contribution in [0.2, 0.25) is 0 Å². The van der Waals surface area contributed by atoms with Gasteiger partial charge in [0.1, 0.15) is 0 Å². The normalized spacial score (nSPS) is 12.4. The van der Waals surface area contributed by atoms with Gasteiger partial charge in [0.15, 0.2) is 16.1 Å². The highest BCUT2D eigenvalue weighted by molar-refractivity contribution is 7.22. The van der Waals surface area contributed by atoms with Gasteiger partial charge in [0.25, 0.3) is 6.71 Å². The fraction of sp³-hybridized carbons (Fsp3) is 0.0357. The van der Waals surface area contributed by atoms with Crippen molar-refractivity contribution in [2.24, 2.45) is 0 Å². The van der Waals surface area contributed by atoms with Gasteiger partial charge in [-0.25, -0.2) is 0 Å². The average molecular weight is 1530 g/mol. The maximum atomic E-state index is 2.72. The monoisotopic (exact) mass is 1520 g/mol. The highest BCUT2D eigenvalue weighted by Crippen LogP contribution is 2.54. The summed E-state index contributed by atoms with van der Waals surface area (Å²) < 4.78 is 0. The third-order valence-corrected chi connectivity index (χ3v) is 33.9. The maximum absolute atomic E-state index is 3.49. The molecule has 554 valence electrons. The molecule has 5 heteroatoms. The predicted octanol–water partition coefficient (Wildman–Crippen LogP) is 21.5. The number of para-hydroxylation sites is 3. The second kappa shape index (κ2) is 30.4. The molecule has 18 aromatic carbocycles. The first-order valence-electron chi connectivity index (χ1n) is 40.9. The number of hydrogen-bond donors (Lipinski definition) is 0. The van der Waals surface area contributed by atoms with Crippen molar-refractivity contribution in [1.82, 2.24) is 0 Å². The molecule has 0 N–H and O–H groups in total. The first kappa shape index (κ1) is 72.1. The van der Waals surface area contributed by atoms with E-state index in [1.165, 1.54) is 85.7 Å². The first-order valence-corrected chi connectivity index (χ1v) is 44.9. The molecule has 2 heterocycles. The number of rotatable bonds is 17. The topological polar surface area (TPSA) is 6.48 Å². The molecule has 0 saturated carbocycles. The lowest BCUT2D eigenvalue weighted by Gasteiger charge is -2.46. The molecular weight excluding hydrogens is 1440 g/mol. The highest BCUT2D eigenvalue weighted by atomic mass is 28.3. The molecule has 0 amide bonds. The molecule has 2 nitrogen and oxygen atoms in total. The second-order valence-electron chi connectivity index (χ2n) is 32.1. The van der Waals surface area contributed by atoms with Crippen LogP contribution in [0.1, 0.15) is 26.3 Å². The minimum Gasteiger partial charge on any atom is -0.310 e. The summed E-state index contributed by atoms with van der Waals surface area (Å²) in [5.74, 6) is 0. The molecule has 0 fully saturated rings. The van der Waals surface area contributed by atoms with Gasteiger partial charge in [-0.2, -0.15) is 0 Å². The first-order chi connectivity index (χ1) is 57.7. The minimum absolute atomic E-state index is 0.260. The Bertz CT molecular complexity index is 6240. The molecule has 0 aliphatic carbocycles. The van der Waals surface area contributed by atoms with Crippen molar-refractivity contribution >= 4 is 115 Å². The van der Waals surface area contributed by atoms with Crippen LogP contribution < -0.4 is 67.7 Å². The van der Waals surface area contributed by atoms with Crippen molar-refractivity contribution in [2.75, 3.05) is 9.80 Å². The largest absolute Gasteiger partial charge is 0.310 e. The summed E-state index contributed by atoms with van der Waals surface area (Å²) in [6, 6.07) is 176. The highest BCUT2D eigenvalue weighted by Gasteiger charge is 2.49. The summed E-state index contributed by atoms with van der Waals surface area (Å²) >= 11 is 0. The van der Waals surface area contributed by atoms with Gasteiger partial charge in [-0.15, -0.1) is 0 Å². The summed E-state index contributed by atoms with van der Waals surface area (Å²) in [5.41, 5.74) is 27.7. The number of fused-ring (bicyclic) bond motifs is 4. The minimum atomic E-state index is -3.49. The zero-order valence-electron chi connectivity index (χ0n) is 65.9. The third kappa shape index (κ3) is 12.7. The van der Waals surface area contributed by atoms with Crippen LogP contribution in [0, 0.1) is 0 Å². The van der Waals surface area contributed by atoms with Crippen LogP contribution in [0.5, 0.6) is 0 Å². The molecule has 0 saturated heterocycles. The van der Waals surface area contributed by atoms with Gasteiger partial charge in [-0.05, 0) is 149 Å². The van der Waals surface area contributed by atoms with E-state index in [9.17, 15) is 0 Å². The molecule has 18 aromatic rings. The van der Waals surface area contributed by atoms with E-state index in [-0.39, 0.29) is 12.1 Å². The van der Waals surface area contributed by atoms with Crippen LogP contribution in [-0.2, 0) is 5.41 Å². The number of nitrogens with zero attached hydrogens (tertiary/aromatic N) is 2. The van der Waals surface area contributed by atoms with E-state index >= 15 is 0 Å². The predicted molar refractivity (Wildman–Crippen MR) is 504 cm³/mol. The Balaban J connectivity index is 0.945. The Morgan fingerprint density at radius 2 is 0.479 bits per heavy atom. The van der Waals surface area contributed by atoms with Crippen LogP contribution in [0.15, 0.2) is 461 Å². The fourth-order valence-corrected chi connectivity index (χ4v) is 29.0.